The summed E-state index contributed by atoms with van der Waals surface area (Å²) in [6.45, 7) is 2.85. The minimum Gasteiger partial charge on any atom is -0.490 e. The molecule has 0 bridgehead atoms. The lowest BCUT2D eigenvalue weighted by atomic mass is 9.90. The summed E-state index contributed by atoms with van der Waals surface area (Å²) in [7, 11) is 0. The molecule has 2 aromatic carbocycles. The molecule has 0 radical (unpaired) electrons. The predicted molar refractivity (Wildman–Crippen MR) is 126 cm³/mol. The molecular weight excluding hydrogens is 424 g/mol. The molecule has 2 aliphatic heterocycles. The van der Waals surface area contributed by atoms with E-state index in [0.717, 1.165) is 37.2 Å². The molecule has 2 heterocycles. The molecule has 0 spiro atoms. The van der Waals surface area contributed by atoms with Gasteiger partial charge < -0.3 is 14.5 Å². The van der Waals surface area contributed by atoms with Gasteiger partial charge in [0.05, 0.1) is 6.42 Å². The van der Waals surface area contributed by atoms with E-state index < -0.39 is 0 Å². The summed E-state index contributed by atoms with van der Waals surface area (Å²) >= 11 is 6.08. The van der Waals surface area contributed by atoms with E-state index >= 15 is 0 Å². The summed E-state index contributed by atoms with van der Waals surface area (Å²) in [6, 6.07) is 17.2. The van der Waals surface area contributed by atoms with Gasteiger partial charge in [0.25, 0.3) is 0 Å². The van der Waals surface area contributed by atoms with Crippen LogP contribution in [0.1, 0.15) is 37.7 Å². The average molecular weight is 455 g/mol. The van der Waals surface area contributed by atoms with Crippen LogP contribution in [-0.4, -0.2) is 53.9 Å². The van der Waals surface area contributed by atoms with Crippen LogP contribution in [0.15, 0.2) is 54.6 Å². The first kappa shape index (κ1) is 22.7. The Hall–Kier alpha value is -2.53. The summed E-state index contributed by atoms with van der Waals surface area (Å²) in [5.74, 6) is 1.04. The van der Waals surface area contributed by atoms with Crippen molar-refractivity contribution in [3.63, 3.8) is 0 Å². The van der Waals surface area contributed by atoms with Crippen LogP contribution in [0.5, 0.6) is 5.75 Å². The van der Waals surface area contributed by atoms with E-state index in [9.17, 15) is 9.59 Å². The molecule has 4 rings (SSSR count). The average Bonchev–Trinajstić information content (AvgIpc) is 2.81. The van der Waals surface area contributed by atoms with Gasteiger partial charge in [0.15, 0.2) is 0 Å². The Morgan fingerprint density at radius 2 is 1.69 bits per heavy atom. The van der Waals surface area contributed by atoms with Crippen molar-refractivity contribution in [1.29, 1.82) is 0 Å². The van der Waals surface area contributed by atoms with E-state index in [2.05, 4.69) is 0 Å². The quantitative estimate of drug-likeness (QED) is 0.641. The van der Waals surface area contributed by atoms with Gasteiger partial charge in [0, 0.05) is 50.0 Å². The standard InChI is InChI=1S/C26H31ClN2O3/c27-22-9-7-8-20(16-22)17-25(30)29-15-12-24(32-23-10-3-1-4-11-23)21(19-29)18-26(31)28-13-5-2-6-14-28/h1,3-4,7-11,16,21,24H,2,5-6,12-15,17-19H2/t21-,24-/m0/s1. The number of hydrogen-bond donors (Lipinski definition) is 0. The highest BCUT2D eigenvalue weighted by Gasteiger charge is 2.35. The molecule has 0 aliphatic carbocycles. The molecule has 0 N–H and O–H groups in total. The van der Waals surface area contributed by atoms with Crippen molar-refractivity contribution < 1.29 is 14.3 Å². The molecule has 170 valence electrons. The van der Waals surface area contributed by atoms with Crippen molar-refractivity contribution in [2.75, 3.05) is 26.2 Å². The molecule has 2 aliphatic rings. The summed E-state index contributed by atoms with van der Waals surface area (Å²) < 4.78 is 6.29. The van der Waals surface area contributed by atoms with Crippen molar-refractivity contribution in [3.05, 3.63) is 65.2 Å². The lowest BCUT2D eigenvalue weighted by molar-refractivity contribution is -0.139. The Morgan fingerprint density at radius 3 is 2.44 bits per heavy atom. The van der Waals surface area contributed by atoms with Gasteiger partial charge in [0.1, 0.15) is 11.9 Å². The first-order chi connectivity index (χ1) is 15.6. The Morgan fingerprint density at radius 1 is 0.906 bits per heavy atom. The van der Waals surface area contributed by atoms with Crippen LogP contribution in [0.2, 0.25) is 5.02 Å². The fourth-order valence-corrected chi connectivity index (χ4v) is 4.91. The first-order valence-electron chi connectivity index (χ1n) is 11.6. The second-order valence-electron chi connectivity index (χ2n) is 8.81. The molecule has 32 heavy (non-hydrogen) atoms. The number of likely N-dealkylation sites (tertiary alicyclic amines) is 2. The number of nitrogens with zero attached hydrogens (tertiary/aromatic N) is 2. The molecule has 2 atom stereocenters. The fourth-order valence-electron chi connectivity index (χ4n) is 4.69. The summed E-state index contributed by atoms with van der Waals surface area (Å²) in [5, 5.41) is 0.635. The second kappa shape index (κ2) is 10.9. The Kier molecular flexibility index (Phi) is 7.69. The van der Waals surface area contributed by atoms with Crippen molar-refractivity contribution in [2.24, 2.45) is 5.92 Å². The minimum atomic E-state index is -0.0821. The molecule has 2 saturated heterocycles. The Labute approximate surface area is 195 Å². The summed E-state index contributed by atoms with van der Waals surface area (Å²) in [5.41, 5.74) is 0.908. The molecule has 2 fully saturated rings. The monoisotopic (exact) mass is 454 g/mol. The highest BCUT2D eigenvalue weighted by Crippen LogP contribution is 2.27. The zero-order valence-corrected chi connectivity index (χ0v) is 19.2. The maximum absolute atomic E-state index is 13.0. The molecule has 0 unspecified atom stereocenters. The van der Waals surface area contributed by atoms with E-state index in [4.69, 9.17) is 16.3 Å². The zero-order chi connectivity index (χ0) is 22.3. The number of para-hydroxylation sites is 1. The third-order valence-electron chi connectivity index (χ3n) is 6.44. The van der Waals surface area contributed by atoms with Crippen molar-refractivity contribution >= 4 is 23.4 Å². The second-order valence-corrected chi connectivity index (χ2v) is 9.25. The number of rotatable bonds is 6. The van der Waals surface area contributed by atoms with E-state index in [1.807, 2.05) is 64.4 Å². The predicted octanol–water partition coefficient (Wildman–Crippen LogP) is 4.58. The van der Waals surface area contributed by atoms with Gasteiger partial charge in [-0.05, 0) is 49.1 Å². The van der Waals surface area contributed by atoms with E-state index in [1.54, 1.807) is 0 Å². The van der Waals surface area contributed by atoms with Gasteiger partial charge in [-0.3, -0.25) is 9.59 Å². The zero-order valence-electron chi connectivity index (χ0n) is 18.4. The lowest BCUT2D eigenvalue weighted by Gasteiger charge is -2.39. The number of carbonyl (C=O) groups excluding carboxylic acids is 2. The smallest absolute Gasteiger partial charge is 0.227 e. The van der Waals surface area contributed by atoms with Crippen LogP contribution < -0.4 is 4.74 Å². The first-order valence-corrected chi connectivity index (χ1v) is 12.0. The Balaban J connectivity index is 1.44. The number of halogens is 1. The lowest BCUT2D eigenvalue weighted by Crippen LogP contribution is -2.50. The van der Waals surface area contributed by atoms with Gasteiger partial charge in [-0.25, -0.2) is 0 Å². The van der Waals surface area contributed by atoms with E-state index in [-0.39, 0.29) is 23.8 Å². The summed E-state index contributed by atoms with van der Waals surface area (Å²) in [6.07, 6.45) is 4.71. The number of ether oxygens (including phenoxy) is 1. The van der Waals surface area contributed by atoms with Gasteiger partial charge in [0.2, 0.25) is 11.8 Å². The van der Waals surface area contributed by atoms with Crippen molar-refractivity contribution in [1.82, 2.24) is 9.80 Å². The third kappa shape index (κ3) is 6.04. The minimum absolute atomic E-state index is 0.0262. The van der Waals surface area contributed by atoms with Gasteiger partial charge in [-0.15, -0.1) is 0 Å². The number of hydrogen-bond acceptors (Lipinski definition) is 3. The van der Waals surface area contributed by atoms with E-state index in [0.29, 0.717) is 37.4 Å². The van der Waals surface area contributed by atoms with Crippen LogP contribution in [0.3, 0.4) is 0 Å². The molecule has 2 aromatic rings. The molecular formula is C26H31ClN2O3. The van der Waals surface area contributed by atoms with Crippen LogP contribution in [0.4, 0.5) is 0 Å². The number of amides is 2. The molecule has 5 nitrogen and oxygen atoms in total. The third-order valence-corrected chi connectivity index (χ3v) is 6.67. The van der Waals surface area contributed by atoms with Crippen molar-refractivity contribution in [2.45, 2.75) is 44.6 Å². The number of carbonyl (C=O) groups is 2. The van der Waals surface area contributed by atoms with Crippen LogP contribution in [0.25, 0.3) is 0 Å². The van der Waals surface area contributed by atoms with E-state index in [1.165, 1.54) is 6.42 Å². The fraction of sp³-hybridized carbons (Fsp3) is 0.462. The summed E-state index contributed by atoms with van der Waals surface area (Å²) in [4.78, 5) is 29.9. The van der Waals surface area contributed by atoms with Crippen molar-refractivity contribution in [3.8, 4) is 5.75 Å². The maximum atomic E-state index is 13.0. The van der Waals surface area contributed by atoms with Crippen LogP contribution in [0, 0.1) is 5.92 Å². The molecule has 6 heteroatoms. The molecule has 0 saturated carbocycles. The SMILES string of the molecule is O=C(C[C@H]1CN(C(=O)Cc2cccc(Cl)c2)CC[C@@H]1Oc1ccccc1)N1CCCCC1. The highest BCUT2D eigenvalue weighted by atomic mass is 35.5. The molecule has 0 aromatic heterocycles. The topological polar surface area (TPSA) is 49.9 Å². The van der Waals surface area contributed by atoms with Gasteiger partial charge >= 0.3 is 0 Å². The number of benzene rings is 2. The van der Waals surface area contributed by atoms with Crippen LogP contribution >= 0.6 is 11.6 Å². The normalized spacial score (nSPS) is 21.3. The highest BCUT2D eigenvalue weighted by molar-refractivity contribution is 6.30. The van der Waals surface area contributed by atoms with Gasteiger partial charge in [-0.2, -0.15) is 0 Å². The maximum Gasteiger partial charge on any atom is 0.227 e. The van der Waals surface area contributed by atoms with Crippen LogP contribution in [-0.2, 0) is 16.0 Å². The molecule has 2 amide bonds. The number of piperidine rings is 2. The largest absolute Gasteiger partial charge is 0.490 e. The Bertz CT molecular complexity index is 914. The van der Waals surface area contributed by atoms with Gasteiger partial charge in [-0.1, -0.05) is 41.9 Å².